The van der Waals surface area contributed by atoms with Gasteiger partial charge in [0.2, 0.25) is 0 Å². The summed E-state index contributed by atoms with van der Waals surface area (Å²) in [5.41, 5.74) is -2.30. The van der Waals surface area contributed by atoms with Crippen LogP contribution in [0.15, 0.2) is 36.4 Å². The summed E-state index contributed by atoms with van der Waals surface area (Å²) in [6.07, 6.45) is 0. The topological polar surface area (TPSA) is 320 Å². The molecule has 15 nitrogen and oxygen atoms in total. The van der Waals surface area contributed by atoms with Crippen molar-refractivity contribution in [3.05, 3.63) is 47.8 Å². The average Bonchev–Trinajstić information content (AvgIpc) is 2.54. The molecule has 2 atom stereocenters. The Morgan fingerprint density at radius 1 is 0.833 bits per heavy atom. The standard InChI is InChI=1S/2C6H6NO5P.Cu.3H2O/c2*8-6(9)4-2-1-3-5(7-4)13(10,11)12;;;;/h2*1-3H,(H,8,9)(H2,10,11,12);;3*1H2/q;;+2;;;/p-2. The SMILES string of the molecule is O.O.O=C(O)c1cccc(P(=O)([O-])O)n1.O=C([O-])c1cccc(P(=O)([O-])O)n1.[Cu+2].[OH3+]. The summed E-state index contributed by atoms with van der Waals surface area (Å²) in [6, 6.07) is 6.53. The van der Waals surface area contributed by atoms with Crippen molar-refractivity contribution >= 4 is 38.0 Å². The fourth-order valence-corrected chi connectivity index (χ4v) is 2.41. The van der Waals surface area contributed by atoms with Crippen molar-refractivity contribution in [2.24, 2.45) is 0 Å². The molecule has 0 fully saturated rings. The maximum absolute atomic E-state index is 10.5. The van der Waals surface area contributed by atoms with Gasteiger partial charge < -0.3 is 60.1 Å². The molecule has 0 aromatic carbocycles. The van der Waals surface area contributed by atoms with Crippen molar-refractivity contribution < 1.29 is 82.0 Å². The van der Waals surface area contributed by atoms with E-state index in [1.54, 1.807) is 0 Å². The molecule has 2 aromatic rings. The first-order chi connectivity index (χ1) is 11.8. The Kier molecular flexibility index (Phi) is 16.6. The summed E-state index contributed by atoms with van der Waals surface area (Å²) in [6.45, 7) is 0. The van der Waals surface area contributed by atoms with Gasteiger partial charge in [-0.25, -0.2) is 14.8 Å². The molecule has 2 heterocycles. The molecule has 2 aromatic heterocycles. The Morgan fingerprint density at radius 2 is 1.17 bits per heavy atom. The van der Waals surface area contributed by atoms with Crippen LogP contribution in [0.3, 0.4) is 0 Å². The number of aromatic nitrogens is 2. The average molecular weight is 522 g/mol. The van der Waals surface area contributed by atoms with Crippen LogP contribution in [0.5, 0.6) is 0 Å². The first kappa shape index (κ1) is 35.4. The molecule has 0 aliphatic carbocycles. The maximum atomic E-state index is 10.5. The van der Waals surface area contributed by atoms with Crippen molar-refractivity contribution in [1.29, 1.82) is 0 Å². The monoisotopic (exact) mass is 521 g/mol. The van der Waals surface area contributed by atoms with E-state index >= 15 is 0 Å². The molecule has 2 rings (SSSR count). The van der Waals surface area contributed by atoms with Gasteiger partial charge in [-0.1, -0.05) is 12.1 Å². The van der Waals surface area contributed by atoms with Crippen molar-refractivity contribution in [3.8, 4) is 0 Å². The third kappa shape index (κ3) is 11.2. The minimum Gasteiger partial charge on any atom is -0.774 e. The maximum Gasteiger partial charge on any atom is 2.00 e. The summed E-state index contributed by atoms with van der Waals surface area (Å²) in [5, 5.41) is 18.7. The van der Waals surface area contributed by atoms with Crippen LogP contribution in [0.1, 0.15) is 21.0 Å². The summed E-state index contributed by atoms with van der Waals surface area (Å²) < 4.78 is 21.1. The number of carbonyl (C=O) groups excluding carboxylic acids is 1. The zero-order valence-electron chi connectivity index (χ0n) is 14.3. The van der Waals surface area contributed by atoms with E-state index in [-0.39, 0.29) is 33.5 Å². The molecule has 30 heavy (non-hydrogen) atoms. The normalized spacial score (nSPS) is 12.9. The summed E-state index contributed by atoms with van der Waals surface area (Å²) >= 11 is 0. The predicted octanol–water partition coefficient (Wildman–Crippen LogP) is -6.01. The number of carboxylic acids is 2. The minimum absolute atomic E-state index is 0. The smallest absolute Gasteiger partial charge is 0.774 e. The fourth-order valence-electron chi connectivity index (χ4n) is 1.39. The van der Waals surface area contributed by atoms with Crippen molar-refractivity contribution in [2.75, 3.05) is 0 Å². The molecular weight excluding hydrogens is 506 g/mol. The van der Waals surface area contributed by atoms with Crippen LogP contribution in [0.2, 0.25) is 0 Å². The Morgan fingerprint density at radius 3 is 1.47 bits per heavy atom. The van der Waals surface area contributed by atoms with Gasteiger partial charge in [-0.05, 0) is 24.3 Å². The van der Waals surface area contributed by atoms with Gasteiger partial charge in [-0.2, -0.15) is 0 Å². The van der Waals surface area contributed by atoms with E-state index in [0.29, 0.717) is 0 Å². The number of carboxylic acid groups (broad SMARTS) is 2. The number of aromatic carboxylic acids is 2. The quantitative estimate of drug-likeness (QED) is 0.192. The van der Waals surface area contributed by atoms with E-state index in [4.69, 9.17) is 14.9 Å². The van der Waals surface area contributed by atoms with Crippen molar-refractivity contribution in [2.45, 2.75) is 0 Å². The Hall–Kier alpha value is -2.06. The molecule has 0 saturated heterocycles. The van der Waals surface area contributed by atoms with E-state index in [2.05, 4.69) is 9.97 Å². The molecule has 1 radical (unpaired) electrons. The molecule has 0 aliphatic rings. The van der Waals surface area contributed by atoms with E-state index in [0.717, 1.165) is 30.3 Å². The Labute approximate surface area is 178 Å². The van der Waals surface area contributed by atoms with Crippen LogP contribution in [0.25, 0.3) is 0 Å². The molecule has 173 valence electrons. The van der Waals surface area contributed by atoms with E-state index < -0.39 is 49.4 Å². The molecule has 0 aliphatic heterocycles. The molecule has 0 bridgehead atoms. The molecule has 0 amide bonds. The van der Waals surface area contributed by atoms with Crippen LogP contribution in [0.4, 0.5) is 0 Å². The second-order valence-corrected chi connectivity index (χ2v) is 7.39. The molecule has 0 saturated carbocycles. The summed E-state index contributed by atoms with van der Waals surface area (Å²) in [7, 11) is -9.45. The summed E-state index contributed by atoms with van der Waals surface area (Å²) in [5.74, 6) is -2.95. The van der Waals surface area contributed by atoms with Gasteiger partial charge in [0.1, 0.15) is 16.6 Å². The number of nitrogens with zero attached hydrogens (tertiary/aromatic N) is 2. The molecule has 10 N–H and O–H groups in total. The molecule has 2 unspecified atom stereocenters. The van der Waals surface area contributed by atoms with Crippen molar-refractivity contribution in [3.63, 3.8) is 0 Å². The second-order valence-electron chi connectivity index (χ2n) is 4.40. The third-order valence-electron chi connectivity index (χ3n) is 2.48. The van der Waals surface area contributed by atoms with Crippen LogP contribution >= 0.6 is 15.2 Å². The van der Waals surface area contributed by atoms with Crippen LogP contribution in [-0.4, -0.2) is 47.8 Å². The number of hydrogen-bond donors (Lipinski definition) is 3. The zero-order chi connectivity index (χ0) is 20.1. The number of pyridine rings is 2. The number of rotatable bonds is 4. The minimum atomic E-state index is -4.74. The van der Waals surface area contributed by atoms with Gasteiger partial charge in [0.05, 0.1) is 11.7 Å². The van der Waals surface area contributed by atoms with Gasteiger partial charge in [-0.3, -0.25) is 0 Å². The Balaban J connectivity index is -0.000000199. The van der Waals surface area contributed by atoms with Gasteiger partial charge in [0.15, 0.2) is 15.2 Å². The number of carbonyl (C=O) groups is 2. The fraction of sp³-hybridized carbons (Fsp3) is 0. The predicted molar refractivity (Wildman–Crippen MR) is 90.8 cm³/mol. The zero-order valence-corrected chi connectivity index (χ0v) is 17.1. The second kappa shape index (κ2) is 14.0. The molecule has 18 heteroatoms. The van der Waals surface area contributed by atoms with Crippen LogP contribution in [0, 0.1) is 0 Å². The van der Waals surface area contributed by atoms with Crippen LogP contribution in [-0.2, 0) is 31.7 Å². The molecular formula is C12H16CuN2O13P2. The summed E-state index contributed by atoms with van der Waals surface area (Å²) in [4.78, 5) is 65.1. The van der Waals surface area contributed by atoms with E-state index in [1.165, 1.54) is 6.07 Å². The third-order valence-corrected chi connectivity index (χ3v) is 4.13. The molecule has 0 spiro atoms. The van der Waals surface area contributed by atoms with Gasteiger partial charge in [0.25, 0.3) is 0 Å². The van der Waals surface area contributed by atoms with E-state index in [1.807, 2.05) is 0 Å². The van der Waals surface area contributed by atoms with Gasteiger partial charge in [-0.15, -0.1) is 0 Å². The van der Waals surface area contributed by atoms with Gasteiger partial charge >= 0.3 is 23.0 Å². The van der Waals surface area contributed by atoms with Gasteiger partial charge in [0, 0.05) is 0 Å². The Bertz CT molecular complexity index is 854. The first-order valence-electron chi connectivity index (χ1n) is 6.30. The van der Waals surface area contributed by atoms with Crippen LogP contribution < -0.4 is 25.8 Å². The largest absolute Gasteiger partial charge is 2.00 e. The van der Waals surface area contributed by atoms with E-state index in [9.17, 15) is 33.6 Å². The first-order valence-corrected chi connectivity index (χ1v) is 9.45. The van der Waals surface area contributed by atoms with Crippen molar-refractivity contribution in [1.82, 2.24) is 9.97 Å². The number of hydrogen-bond acceptors (Lipinski definition) is 9.